The lowest BCUT2D eigenvalue weighted by atomic mass is 9.55. The third kappa shape index (κ3) is 7.85. The second kappa shape index (κ2) is 17.7. The highest BCUT2D eigenvalue weighted by Gasteiger charge is 2.40. The molecule has 4 heteroatoms. The molecular formula is C74H68BN3. The minimum Gasteiger partial charge on any atom is -0.355 e. The second-order valence-electron chi connectivity index (χ2n) is 25.5. The van der Waals surface area contributed by atoms with Crippen molar-refractivity contribution in [3.63, 3.8) is 0 Å². The molecule has 0 saturated carbocycles. The molecule has 1 aliphatic heterocycles. The zero-order valence-electron chi connectivity index (χ0n) is 46.6. The quantitative estimate of drug-likeness (QED) is 0.153. The van der Waals surface area contributed by atoms with Gasteiger partial charge in [-0.2, -0.15) is 0 Å². The van der Waals surface area contributed by atoms with Crippen molar-refractivity contribution in [3.8, 4) is 39.1 Å². The van der Waals surface area contributed by atoms with Crippen molar-refractivity contribution in [2.45, 2.75) is 103 Å². The molecule has 0 amide bonds. The molecule has 11 aromatic rings. The maximum absolute atomic E-state index is 4.16. The Labute approximate surface area is 461 Å². The summed E-state index contributed by atoms with van der Waals surface area (Å²) in [6, 6.07) is 78.0. The van der Waals surface area contributed by atoms with Gasteiger partial charge in [-0.15, -0.1) is 0 Å². The van der Waals surface area contributed by atoms with Crippen LogP contribution in [0.1, 0.15) is 103 Å². The van der Waals surface area contributed by atoms with Gasteiger partial charge in [-0.05, 0) is 199 Å². The summed E-state index contributed by atoms with van der Waals surface area (Å²) in [4.78, 5) is 2.42. The normalized spacial score (nSPS) is 16.3. The van der Waals surface area contributed by atoms with Gasteiger partial charge in [0.05, 0.1) is 5.52 Å². The molecule has 1 N–H and O–H groups in total. The first-order valence-corrected chi connectivity index (χ1v) is 28.5. The summed E-state index contributed by atoms with van der Waals surface area (Å²) >= 11 is 0. The number of benzene rings is 10. The predicted octanol–water partition coefficient (Wildman–Crippen LogP) is 18.5. The van der Waals surface area contributed by atoms with Gasteiger partial charge in [0.1, 0.15) is 0 Å². The third-order valence-corrected chi connectivity index (χ3v) is 18.7. The lowest BCUT2D eigenvalue weighted by Gasteiger charge is -2.43. The maximum atomic E-state index is 4.16. The first-order chi connectivity index (χ1) is 37.6. The molecule has 0 radical (unpaired) electrons. The van der Waals surface area contributed by atoms with Gasteiger partial charge >= 0.3 is 0 Å². The number of rotatable bonds is 8. The van der Waals surface area contributed by atoms with E-state index in [1.807, 2.05) is 0 Å². The van der Waals surface area contributed by atoms with Crippen molar-refractivity contribution in [2.75, 3.05) is 10.2 Å². The van der Waals surface area contributed by atoms with E-state index in [0.29, 0.717) is 0 Å². The fourth-order valence-corrected chi connectivity index (χ4v) is 14.0. The Bertz CT molecular complexity index is 4160. The summed E-state index contributed by atoms with van der Waals surface area (Å²) in [6.07, 6.45) is 4.67. The Morgan fingerprint density at radius 3 is 1.65 bits per heavy atom. The van der Waals surface area contributed by atoms with Crippen LogP contribution in [-0.4, -0.2) is 11.8 Å². The number of para-hydroxylation sites is 2. The number of aromatic nitrogens is 1. The van der Waals surface area contributed by atoms with Crippen molar-refractivity contribution in [3.05, 3.63) is 229 Å². The first kappa shape index (κ1) is 48.3. The van der Waals surface area contributed by atoms with Crippen LogP contribution < -0.4 is 21.1 Å². The number of hydrogen-bond acceptors (Lipinski definition) is 2. The van der Waals surface area contributed by atoms with Crippen LogP contribution >= 0.6 is 0 Å². The fourth-order valence-electron chi connectivity index (χ4n) is 14.0. The molecule has 2 aliphatic carbocycles. The molecule has 0 spiro atoms. The molecule has 3 nitrogen and oxygen atoms in total. The average Bonchev–Trinajstić information content (AvgIpc) is 3.78. The molecule has 78 heavy (non-hydrogen) atoms. The number of nitrogens with zero attached hydrogens (tertiary/aromatic N) is 2. The molecule has 0 atom stereocenters. The topological polar surface area (TPSA) is 20.2 Å². The van der Waals surface area contributed by atoms with Gasteiger partial charge in [0.15, 0.2) is 7.28 Å². The van der Waals surface area contributed by atoms with E-state index in [1.165, 1.54) is 118 Å². The molecule has 2 heterocycles. The third-order valence-electron chi connectivity index (χ3n) is 18.7. The van der Waals surface area contributed by atoms with Crippen LogP contribution in [0.4, 0.5) is 28.4 Å². The van der Waals surface area contributed by atoms with E-state index < -0.39 is 0 Å². The molecule has 10 aromatic carbocycles. The highest BCUT2D eigenvalue weighted by Crippen LogP contribution is 2.51. The van der Waals surface area contributed by atoms with Crippen LogP contribution in [-0.2, 0) is 21.7 Å². The van der Waals surface area contributed by atoms with Crippen LogP contribution in [0.5, 0.6) is 0 Å². The van der Waals surface area contributed by atoms with E-state index in [4.69, 9.17) is 0 Å². The van der Waals surface area contributed by atoms with Crippen molar-refractivity contribution >= 4 is 79.2 Å². The van der Waals surface area contributed by atoms with Gasteiger partial charge in [-0.3, -0.25) is 0 Å². The van der Waals surface area contributed by atoms with Crippen LogP contribution in [0.3, 0.4) is 0 Å². The van der Waals surface area contributed by atoms with E-state index >= 15 is 0 Å². The van der Waals surface area contributed by atoms with E-state index in [-0.39, 0.29) is 21.7 Å². The second-order valence-corrected chi connectivity index (χ2v) is 25.5. The zero-order chi connectivity index (χ0) is 53.3. The minimum atomic E-state index is 0.0475. The molecule has 0 bridgehead atoms. The number of nitrogens with one attached hydrogen (secondary N) is 1. The standard InChI is InChI=1S/C74H68BN3/c1-71(2)35-36-72(3,4)61-42-52(31-33-60(61)71)76-65-34-32-55(77(53-27-14-10-15-28-53)54-29-16-11-17-30-54)43-57(65)58-44-56(51-26-20-25-48(39-51)47-21-12-9-13-22-47)68-59-40-49-23-18-19-24-50(49)41-66(59)78-67-46-63-62(45-64(67)75-69(58)70(68)78)73(5,6)37-38-74(63,7)8/h9-34,39-46,75-76H,35-38H2,1-8H3. The van der Waals surface area contributed by atoms with Crippen molar-refractivity contribution < 1.29 is 0 Å². The van der Waals surface area contributed by atoms with Crippen molar-refractivity contribution in [1.29, 1.82) is 0 Å². The Hall–Kier alpha value is -8.08. The smallest absolute Gasteiger partial charge is 0.198 e. The number of fused-ring (bicyclic) bond motifs is 8. The molecular weight excluding hydrogens is 942 g/mol. The van der Waals surface area contributed by atoms with E-state index in [9.17, 15) is 0 Å². The largest absolute Gasteiger partial charge is 0.355 e. The highest BCUT2D eigenvalue weighted by molar-refractivity contribution is 6.73. The molecule has 0 unspecified atom stereocenters. The SMILES string of the molecule is CC1(C)CCC(C)(C)c2cc(Nc3ccc(N(c4ccccc4)c4ccccc4)cc3-c3cc(-c4cccc(-c5ccccc5)c4)c4c5cc6ccccc6cc5n5c4c3Bc3cc4c(cc3-5)C(C)(C)CCC4(C)C)ccc21. The van der Waals surface area contributed by atoms with E-state index in [1.54, 1.807) is 0 Å². The summed E-state index contributed by atoms with van der Waals surface area (Å²) in [5.41, 5.74) is 25.6. The summed E-state index contributed by atoms with van der Waals surface area (Å²) < 4.78 is 2.70. The molecule has 3 aliphatic rings. The van der Waals surface area contributed by atoms with Crippen LogP contribution in [0.15, 0.2) is 206 Å². The average molecular weight is 1010 g/mol. The van der Waals surface area contributed by atoms with E-state index in [2.05, 4.69) is 276 Å². The Balaban J connectivity index is 1.11. The Morgan fingerprint density at radius 1 is 0.423 bits per heavy atom. The molecule has 0 fully saturated rings. The van der Waals surface area contributed by atoms with Gasteiger partial charge in [-0.25, -0.2) is 0 Å². The lowest BCUT2D eigenvalue weighted by Crippen LogP contribution is -2.41. The summed E-state index contributed by atoms with van der Waals surface area (Å²) in [6.45, 7) is 19.6. The summed E-state index contributed by atoms with van der Waals surface area (Å²) in [5, 5.41) is 9.26. The predicted molar refractivity (Wildman–Crippen MR) is 336 cm³/mol. The zero-order valence-corrected chi connectivity index (χ0v) is 46.6. The fraction of sp³-hybridized carbons (Fsp3) is 0.216. The number of anilines is 5. The Kier molecular flexibility index (Phi) is 11.0. The van der Waals surface area contributed by atoms with Crippen molar-refractivity contribution in [1.82, 2.24) is 4.57 Å². The van der Waals surface area contributed by atoms with Crippen LogP contribution in [0, 0.1) is 0 Å². The number of hydrogen-bond donors (Lipinski definition) is 1. The molecule has 382 valence electrons. The summed E-state index contributed by atoms with van der Waals surface area (Å²) in [7, 11) is 0.804. The van der Waals surface area contributed by atoms with Gasteiger partial charge in [0.2, 0.25) is 0 Å². The molecule has 0 saturated heterocycles. The van der Waals surface area contributed by atoms with Crippen LogP contribution in [0.25, 0.3) is 71.6 Å². The van der Waals surface area contributed by atoms with Gasteiger partial charge in [-0.1, -0.05) is 182 Å². The van der Waals surface area contributed by atoms with Gasteiger partial charge < -0.3 is 14.8 Å². The minimum absolute atomic E-state index is 0.0475. The van der Waals surface area contributed by atoms with Crippen molar-refractivity contribution in [2.24, 2.45) is 0 Å². The van der Waals surface area contributed by atoms with Gasteiger partial charge in [0.25, 0.3) is 0 Å². The molecule has 14 rings (SSSR count). The van der Waals surface area contributed by atoms with Crippen LogP contribution in [0.2, 0.25) is 0 Å². The Morgan fingerprint density at radius 2 is 0.987 bits per heavy atom. The highest BCUT2D eigenvalue weighted by atomic mass is 15.1. The monoisotopic (exact) mass is 1010 g/mol. The summed E-state index contributed by atoms with van der Waals surface area (Å²) in [5.74, 6) is 0. The first-order valence-electron chi connectivity index (χ1n) is 28.5. The van der Waals surface area contributed by atoms with Gasteiger partial charge in [0, 0.05) is 56.0 Å². The van der Waals surface area contributed by atoms with E-state index in [0.717, 1.165) is 48.6 Å². The lowest BCUT2D eigenvalue weighted by molar-refractivity contribution is 0.332. The maximum Gasteiger partial charge on any atom is 0.198 e. The molecule has 1 aromatic heterocycles.